The van der Waals surface area contributed by atoms with E-state index in [4.69, 9.17) is 14.6 Å². The van der Waals surface area contributed by atoms with Crippen LogP contribution in [0.5, 0.6) is 11.5 Å². The maximum Gasteiger partial charge on any atom is 0.162 e. The van der Waals surface area contributed by atoms with E-state index in [0.717, 1.165) is 5.56 Å². The summed E-state index contributed by atoms with van der Waals surface area (Å²) in [5.41, 5.74) is 1.64. The second kappa shape index (κ2) is 6.93. The first-order valence-electron chi connectivity index (χ1n) is 6.38. The van der Waals surface area contributed by atoms with Gasteiger partial charge in [-0.1, -0.05) is 36.4 Å². The summed E-state index contributed by atoms with van der Waals surface area (Å²) < 4.78 is 11.0. The molecule has 0 fully saturated rings. The first-order chi connectivity index (χ1) is 9.74. The van der Waals surface area contributed by atoms with E-state index < -0.39 is 6.10 Å². The summed E-state index contributed by atoms with van der Waals surface area (Å²) in [6, 6.07) is 14.9. The summed E-state index contributed by atoms with van der Waals surface area (Å²) in [4.78, 5) is 0. The normalized spacial score (nSPS) is 11.9. The number of rotatable bonds is 6. The Morgan fingerprint density at radius 2 is 1.80 bits per heavy atom. The Morgan fingerprint density at radius 3 is 2.45 bits per heavy atom. The van der Waals surface area contributed by atoms with E-state index in [9.17, 15) is 5.11 Å². The molecule has 0 spiro atoms. The van der Waals surface area contributed by atoms with Crippen LogP contribution in [0.15, 0.2) is 48.5 Å². The SMILES string of the molecule is COc1ccc([C@@H](O)CO)cc1OCc1ccccc1. The summed E-state index contributed by atoms with van der Waals surface area (Å²) in [5, 5.41) is 18.6. The van der Waals surface area contributed by atoms with Crippen LogP contribution in [0.2, 0.25) is 0 Å². The molecule has 0 amide bonds. The Labute approximate surface area is 118 Å². The molecule has 0 radical (unpaired) electrons. The first-order valence-corrected chi connectivity index (χ1v) is 6.38. The topological polar surface area (TPSA) is 58.9 Å². The molecule has 0 aliphatic heterocycles. The third kappa shape index (κ3) is 3.50. The lowest BCUT2D eigenvalue weighted by molar-refractivity contribution is 0.0952. The summed E-state index contributed by atoms with van der Waals surface area (Å²) in [6.07, 6.45) is -0.917. The van der Waals surface area contributed by atoms with Crippen molar-refractivity contribution in [3.05, 3.63) is 59.7 Å². The third-order valence-corrected chi connectivity index (χ3v) is 2.98. The van der Waals surface area contributed by atoms with Crippen molar-refractivity contribution in [1.82, 2.24) is 0 Å². The zero-order chi connectivity index (χ0) is 14.4. The van der Waals surface area contributed by atoms with Gasteiger partial charge in [0.1, 0.15) is 12.7 Å². The van der Waals surface area contributed by atoms with Gasteiger partial charge in [0.15, 0.2) is 11.5 Å². The fourth-order valence-corrected chi connectivity index (χ4v) is 1.85. The van der Waals surface area contributed by atoms with Crippen molar-refractivity contribution >= 4 is 0 Å². The fourth-order valence-electron chi connectivity index (χ4n) is 1.85. The van der Waals surface area contributed by atoms with Crippen molar-refractivity contribution in [2.75, 3.05) is 13.7 Å². The number of methoxy groups -OCH3 is 1. The highest BCUT2D eigenvalue weighted by Crippen LogP contribution is 2.30. The molecule has 2 aromatic rings. The lowest BCUT2D eigenvalue weighted by Gasteiger charge is -2.14. The van der Waals surface area contributed by atoms with Crippen molar-refractivity contribution in [2.24, 2.45) is 0 Å². The van der Waals surface area contributed by atoms with Gasteiger partial charge in [0, 0.05) is 0 Å². The molecule has 2 rings (SSSR count). The van der Waals surface area contributed by atoms with Crippen LogP contribution in [0.4, 0.5) is 0 Å². The highest BCUT2D eigenvalue weighted by molar-refractivity contribution is 5.43. The highest BCUT2D eigenvalue weighted by Gasteiger charge is 2.11. The zero-order valence-corrected chi connectivity index (χ0v) is 11.3. The highest BCUT2D eigenvalue weighted by atomic mass is 16.5. The molecule has 0 saturated heterocycles. The molecule has 0 aliphatic carbocycles. The van der Waals surface area contributed by atoms with Crippen molar-refractivity contribution < 1.29 is 19.7 Å². The molecule has 2 N–H and O–H groups in total. The number of aliphatic hydroxyl groups excluding tert-OH is 2. The second-order valence-electron chi connectivity index (χ2n) is 4.38. The number of benzene rings is 2. The van der Waals surface area contributed by atoms with Gasteiger partial charge in [-0.2, -0.15) is 0 Å². The molecule has 0 aliphatic rings. The largest absolute Gasteiger partial charge is 0.493 e. The van der Waals surface area contributed by atoms with Crippen LogP contribution in [0, 0.1) is 0 Å². The van der Waals surface area contributed by atoms with E-state index in [2.05, 4.69) is 0 Å². The quantitative estimate of drug-likeness (QED) is 0.848. The predicted octanol–water partition coefficient (Wildman–Crippen LogP) is 2.30. The number of ether oxygens (including phenoxy) is 2. The van der Waals surface area contributed by atoms with Crippen LogP contribution in [0.3, 0.4) is 0 Å². The Bertz CT molecular complexity index is 539. The molecule has 0 heterocycles. The van der Waals surface area contributed by atoms with E-state index in [-0.39, 0.29) is 6.61 Å². The van der Waals surface area contributed by atoms with Crippen LogP contribution in [-0.2, 0) is 6.61 Å². The molecule has 0 bridgehead atoms. The molecule has 0 unspecified atom stereocenters. The van der Waals surface area contributed by atoms with Crippen molar-refractivity contribution in [3.63, 3.8) is 0 Å². The van der Waals surface area contributed by atoms with Crippen LogP contribution >= 0.6 is 0 Å². The Morgan fingerprint density at radius 1 is 1.05 bits per heavy atom. The maximum absolute atomic E-state index is 9.66. The second-order valence-corrected chi connectivity index (χ2v) is 4.38. The number of hydrogen-bond acceptors (Lipinski definition) is 4. The molecule has 4 nitrogen and oxygen atoms in total. The van der Waals surface area contributed by atoms with Crippen molar-refractivity contribution in [1.29, 1.82) is 0 Å². The van der Waals surface area contributed by atoms with Gasteiger partial charge in [0.05, 0.1) is 13.7 Å². The Hall–Kier alpha value is -2.04. The summed E-state index contributed by atoms with van der Waals surface area (Å²) in [6.45, 7) is 0.0837. The lowest BCUT2D eigenvalue weighted by Crippen LogP contribution is -2.04. The zero-order valence-electron chi connectivity index (χ0n) is 11.3. The van der Waals surface area contributed by atoms with Crippen molar-refractivity contribution in [2.45, 2.75) is 12.7 Å². The van der Waals surface area contributed by atoms with Gasteiger partial charge in [-0.25, -0.2) is 0 Å². The van der Waals surface area contributed by atoms with Gasteiger partial charge in [0.2, 0.25) is 0 Å². The lowest BCUT2D eigenvalue weighted by atomic mass is 10.1. The van der Waals surface area contributed by atoms with Gasteiger partial charge >= 0.3 is 0 Å². The molecule has 2 aromatic carbocycles. The summed E-state index contributed by atoms with van der Waals surface area (Å²) in [5.74, 6) is 1.14. The monoisotopic (exact) mass is 274 g/mol. The average Bonchev–Trinajstić information content (AvgIpc) is 2.52. The van der Waals surface area contributed by atoms with E-state index in [1.807, 2.05) is 30.3 Å². The smallest absolute Gasteiger partial charge is 0.162 e. The fraction of sp³-hybridized carbons (Fsp3) is 0.250. The van der Waals surface area contributed by atoms with Gasteiger partial charge in [-0.3, -0.25) is 0 Å². The first kappa shape index (κ1) is 14.4. The van der Waals surface area contributed by atoms with E-state index >= 15 is 0 Å². The van der Waals surface area contributed by atoms with Crippen LogP contribution < -0.4 is 9.47 Å². The molecule has 0 saturated carbocycles. The minimum Gasteiger partial charge on any atom is -0.493 e. The third-order valence-electron chi connectivity index (χ3n) is 2.98. The van der Waals surface area contributed by atoms with Crippen LogP contribution in [-0.4, -0.2) is 23.9 Å². The standard InChI is InChI=1S/C16H18O4/c1-19-15-8-7-13(14(18)10-17)9-16(15)20-11-12-5-3-2-4-6-12/h2-9,14,17-18H,10-11H2,1H3/t14-/m0/s1. The molecule has 4 heteroatoms. The number of aliphatic hydroxyl groups is 2. The number of hydrogen-bond donors (Lipinski definition) is 2. The molecule has 0 aromatic heterocycles. The van der Waals surface area contributed by atoms with Gasteiger partial charge in [-0.15, -0.1) is 0 Å². The predicted molar refractivity (Wildman–Crippen MR) is 75.8 cm³/mol. The van der Waals surface area contributed by atoms with E-state index in [1.165, 1.54) is 0 Å². The Balaban J connectivity index is 2.16. The summed E-state index contributed by atoms with van der Waals surface area (Å²) >= 11 is 0. The molecule has 20 heavy (non-hydrogen) atoms. The average molecular weight is 274 g/mol. The molecular formula is C16H18O4. The van der Waals surface area contributed by atoms with Crippen LogP contribution in [0.1, 0.15) is 17.2 Å². The molecule has 106 valence electrons. The van der Waals surface area contributed by atoms with E-state index in [0.29, 0.717) is 23.7 Å². The van der Waals surface area contributed by atoms with E-state index in [1.54, 1.807) is 25.3 Å². The van der Waals surface area contributed by atoms with Gasteiger partial charge in [0.25, 0.3) is 0 Å². The Kier molecular flexibility index (Phi) is 4.98. The van der Waals surface area contributed by atoms with Crippen molar-refractivity contribution in [3.8, 4) is 11.5 Å². The maximum atomic E-state index is 9.66. The van der Waals surface area contributed by atoms with Gasteiger partial charge in [-0.05, 0) is 23.3 Å². The van der Waals surface area contributed by atoms with Gasteiger partial charge < -0.3 is 19.7 Å². The minimum atomic E-state index is -0.917. The van der Waals surface area contributed by atoms with Crippen LogP contribution in [0.25, 0.3) is 0 Å². The summed E-state index contributed by atoms with van der Waals surface area (Å²) in [7, 11) is 1.56. The minimum absolute atomic E-state index is 0.329. The molecular weight excluding hydrogens is 256 g/mol. The molecule has 1 atom stereocenters.